The standard InChI is InChI=1S/C14H17F2NO/c15-12-7-6-10(8-13(12)16)14(18)9-17-11-4-2-1-3-5-11/h1-2,6-8,11,14,17-18H,3-5,9H2. The first-order chi connectivity index (χ1) is 8.66. The largest absolute Gasteiger partial charge is 0.387 e. The van der Waals surface area contributed by atoms with Gasteiger partial charge in [-0.05, 0) is 37.0 Å². The normalized spacial score (nSPS) is 20.9. The molecule has 0 radical (unpaired) electrons. The maximum absolute atomic E-state index is 13.0. The van der Waals surface area contributed by atoms with Crippen LogP contribution < -0.4 is 5.32 Å². The molecule has 4 heteroatoms. The number of halogens is 2. The average Bonchev–Trinajstić information content (AvgIpc) is 2.40. The predicted molar refractivity (Wildman–Crippen MR) is 66.1 cm³/mol. The molecule has 0 bridgehead atoms. The molecule has 0 saturated carbocycles. The van der Waals surface area contributed by atoms with Gasteiger partial charge in [0, 0.05) is 12.6 Å². The zero-order valence-electron chi connectivity index (χ0n) is 10.1. The fourth-order valence-electron chi connectivity index (χ4n) is 2.09. The molecule has 0 heterocycles. The molecule has 0 amide bonds. The van der Waals surface area contributed by atoms with Crippen molar-refractivity contribution < 1.29 is 13.9 Å². The van der Waals surface area contributed by atoms with Crippen molar-refractivity contribution in [1.29, 1.82) is 0 Å². The minimum absolute atomic E-state index is 0.351. The molecular formula is C14H17F2NO. The highest BCUT2D eigenvalue weighted by atomic mass is 19.2. The van der Waals surface area contributed by atoms with Crippen molar-refractivity contribution in [2.45, 2.75) is 31.4 Å². The smallest absolute Gasteiger partial charge is 0.159 e. The van der Waals surface area contributed by atoms with E-state index in [1.807, 2.05) is 0 Å². The van der Waals surface area contributed by atoms with Crippen LogP contribution in [0.15, 0.2) is 30.4 Å². The molecule has 2 unspecified atom stereocenters. The van der Waals surface area contributed by atoms with Crippen molar-refractivity contribution in [1.82, 2.24) is 5.32 Å². The van der Waals surface area contributed by atoms with E-state index in [0.29, 0.717) is 18.2 Å². The van der Waals surface area contributed by atoms with Gasteiger partial charge >= 0.3 is 0 Å². The topological polar surface area (TPSA) is 32.3 Å². The van der Waals surface area contributed by atoms with E-state index in [1.54, 1.807) is 0 Å². The Morgan fingerprint density at radius 3 is 2.78 bits per heavy atom. The summed E-state index contributed by atoms with van der Waals surface area (Å²) in [5, 5.41) is 13.1. The Morgan fingerprint density at radius 1 is 1.28 bits per heavy atom. The van der Waals surface area contributed by atoms with E-state index in [4.69, 9.17) is 0 Å². The van der Waals surface area contributed by atoms with Gasteiger partial charge in [-0.15, -0.1) is 0 Å². The molecule has 2 nitrogen and oxygen atoms in total. The maximum atomic E-state index is 13.0. The molecule has 2 atom stereocenters. The number of aliphatic hydroxyl groups excluding tert-OH is 1. The number of hydrogen-bond donors (Lipinski definition) is 2. The lowest BCUT2D eigenvalue weighted by Crippen LogP contribution is -2.33. The second-order valence-electron chi connectivity index (χ2n) is 4.58. The molecular weight excluding hydrogens is 236 g/mol. The lowest BCUT2D eigenvalue weighted by atomic mass is 10.0. The molecule has 1 aliphatic carbocycles. The molecule has 1 aromatic carbocycles. The van der Waals surface area contributed by atoms with Crippen LogP contribution in [0.5, 0.6) is 0 Å². The van der Waals surface area contributed by atoms with E-state index in [0.717, 1.165) is 31.4 Å². The summed E-state index contributed by atoms with van der Waals surface area (Å²) in [6, 6.07) is 3.85. The quantitative estimate of drug-likeness (QED) is 0.809. The second-order valence-corrected chi connectivity index (χ2v) is 4.58. The van der Waals surface area contributed by atoms with Gasteiger partial charge in [-0.2, -0.15) is 0 Å². The lowest BCUT2D eigenvalue weighted by Gasteiger charge is -2.21. The van der Waals surface area contributed by atoms with Gasteiger partial charge in [0.05, 0.1) is 6.10 Å². The summed E-state index contributed by atoms with van der Waals surface area (Å²) in [4.78, 5) is 0. The highest BCUT2D eigenvalue weighted by molar-refractivity contribution is 5.20. The van der Waals surface area contributed by atoms with Crippen LogP contribution in [0.25, 0.3) is 0 Å². The van der Waals surface area contributed by atoms with Gasteiger partial charge in [-0.1, -0.05) is 18.2 Å². The number of benzene rings is 1. The molecule has 2 N–H and O–H groups in total. The fourth-order valence-corrected chi connectivity index (χ4v) is 2.09. The molecule has 2 rings (SSSR count). The van der Waals surface area contributed by atoms with Crippen LogP contribution in [0, 0.1) is 11.6 Å². The van der Waals surface area contributed by atoms with E-state index < -0.39 is 17.7 Å². The zero-order chi connectivity index (χ0) is 13.0. The third-order valence-electron chi connectivity index (χ3n) is 3.20. The first kappa shape index (κ1) is 13.2. The Labute approximate surface area is 105 Å². The van der Waals surface area contributed by atoms with Gasteiger partial charge in [0.25, 0.3) is 0 Å². The van der Waals surface area contributed by atoms with Crippen molar-refractivity contribution in [2.24, 2.45) is 0 Å². The van der Waals surface area contributed by atoms with Gasteiger partial charge in [0.15, 0.2) is 11.6 Å². The summed E-state index contributed by atoms with van der Waals surface area (Å²) >= 11 is 0. The summed E-state index contributed by atoms with van der Waals surface area (Å²) in [7, 11) is 0. The van der Waals surface area contributed by atoms with Crippen LogP contribution in [0.1, 0.15) is 30.9 Å². The summed E-state index contributed by atoms with van der Waals surface area (Å²) in [5.74, 6) is -1.82. The van der Waals surface area contributed by atoms with Crippen molar-refractivity contribution in [3.05, 3.63) is 47.5 Å². The average molecular weight is 253 g/mol. The molecule has 1 aliphatic rings. The van der Waals surface area contributed by atoms with Gasteiger partial charge in [0.2, 0.25) is 0 Å². The summed E-state index contributed by atoms with van der Waals surface area (Å²) in [6.45, 7) is 0.351. The van der Waals surface area contributed by atoms with Gasteiger partial charge < -0.3 is 10.4 Å². The molecule has 0 spiro atoms. The Kier molecular flexibility index (Phi) is 4.44. The lowest BCUT2D eigenvalue weighted by molar-refractivity contribution is 0.168. The van der Waals surface area contributed by atoms with Crippen molar-refractivity contribution in [3.63, 3.8) is 0 Å². The summed E-state index contributed by atoms with van der Waals surface area (Å²) in [6.07, 6.45) is 6.48. The van der Waals surface area contributed by atoms with Crippen LogP contribution in [0.3, 0.4) is 0 Å². The molecule has 0 saturated heterocycles. The molecule has 0 aromatic heterocycles. The Hall–Kier alpha value is -1.26. The zero-order valence-corrected chi connectivity index (χ0v) is 10.1. The first-order valence-electron chi connectivity index (χ1n) is 6.18. The number of aliphatic hydroxyl groups is 1. The van der Waals surface area contributed by atoms with E-state index in [9.17, 15) is 13.9 Å². The van der Waals surface area contributed by atoms with E-state index in [2.05, 4.69) is 17.5 Å². The Balaban J connectivity index is 1.88. The van der Waals surface area contributed by atoms with Gasteiger partial charge in [-0.25, -0.2) is 8.78 Å². The van der Waals surface area contributed by atoms with Gasteiger partial charge in [-0.3, -0.25) is 0 Å². The number of hydrogen-bond acceptors (Lipinski definition) is 2. The van der Waals surface area contributed by atoms with E-state index >= 15 is 0 Å². The molecule has 98 valence electrons. The molecule has 0 fully saturated rings. The highest BCUT2D eigenvalue weighted by Gasteiger charge is 2.14. The van der Waals surface area contributed by atoms with Crippen molar-refractivity contribution in [3.8, 4) is 0 Å². The molecule has 1 aromatic rings. The predicted octanol–water partition coefficient (Wildman–Crippen LogP) is 2.70. The SMILES string of the molecule is OC(CNC1CC=CCC1)c1ccc(F)c(F)c1. The second kappa shape index (κ2) is 6.07. The minimum Gasteiger partial charge on any atom is -0.387 e. The highest BCUT2D eigenvalue weighted by Crippen LogP contribution is 2.17. The monoisotopic (exact) mass is 253 g/mol. The summed E-state index contributed by atoms with van der Waals surface area (Å²) < 4.78 is 25.8. The number of nitrogens with one attached hydrogen (secondary N) is 1. The van der Waals surface area contributed by atoms with E-state index in [-0.39, 0.29) is 0 Å². The Bertz CT molecular complexity index is 434. The first-order valence-corrected chi connectivity index (χ1v) is 6.18. The van der Waals surface area contributed by atoms with Crippen LogP contribution in [-0.4, -0.2) is 17.7 Å². The molecule has 18 heavy (non-hydrogen) atoms. The van der Waals surface area contributed by atoms with Crippen LogP contribution in [-0.2, 0) is 0 Å². The van der Waals surface area contributed by atoms with Gasteiger partial charge in [0.1, 0.15) is 0 Å². The molecule has 0 aliphatic heterocycles. The number of allylic oxidation sites excluding steroid dienone is 1. The van der Waals surface area contributed by atoms with Crippen molar-refractivity contribution >= 4 is 0 Å². The maximum Gasteiger partial charge on any atom is 0.159 e. The van der Waals surface area contributed by atoms with Crippen LogP contribution in [0.4, 0.5) is 8.78 Å². The Morgan fingerprint density at radius 2 is 2.11 bits per heavy atom. The summed E-state index contributed by atoms with van der Waals surface area (Å²) in [5.41, 5.74) is 0.396. The van der Waals surface area contributed by atoms with E-state index in [1.165, 1.54) is 6.07 Å². The van der Waals surface area contributed by atoms with Crippen LogP contribution in [0.2, 0.25) is 0 Å². The van der Waals surface area contributed by atoms with Crippen molar-refractivity contribution in [2.75, 3.05) is 6.54 Å². The third-order valence-corrected chi connectivity index (χ3v) is 3.20. The van der Waals surface area contributed by atoms with Crippen LogP contribution >= 0.6 is 0 Å². The number of rotatable bonds is 4. The fraction of sp³-hybridized carbons (Fsp3) is 0.429. The third kappa shape index (κ3) is 3.37. The minimum atomic E-state index is -0.924.